The lowest BCUT2D eigenvalue weighted by Crippen LogP contribution is -2.66. The largest absolute Gasteiger partial charge is 0.493 e. The Morgan fingerprint density at radius 1 is 1.09 bits per heavy atom. The summed E-state index contributed by atoms with van der Waals surface area (Å²) in [5, 5.41) is 23.1. The van der Waals surface area contributed by atoms with E-state index >= 15 is 0 Å². The van der Waals surface area contributed by atoms with Crippen LogP contribution in [0.1, 0.15) is 5.56 Å². The molecule has 0 spiro atoms. The maximum absolute atomic E-state index is 12.3. The normalized spacial score (nSPS) is 27.5. The molecule has 0 amide bonds. The molecule has 2 fully saturated rings. The topological polar surface area (TPSA) is 133 Å². The van der Waals surface area contributed by atoms with Gasteiger partial charge in [-0.1, -0.05) is 23.7 Å². The van der Waals surface area contributed by atoms with Crippen LogP contribution in [0.5, 0.6) is 17.2 Å². The monoisotopic (exact) mass is 479 g/mol. The third-order valence-corrected chi connectivity index (χ3v) is 5.43. The van der Waals surface area contributed by atoms with Gasteiger partial charge in [-0.15, -0.1) is 0 Å². The molecule has 2 heterocycles. The zero-order chi connectivity index (χ0) is 23.6. The molecule has 0 saturated carbocycles. The zero-order valence-electron chi connectivity index (χ0n) is 17.5. The van der Waals surface area contributed by atoms with Crippen LogP contribution in [0.25, 0.3) is 0 Å². The van der Waals surface area contributed by atoms with Crippen molar-refractivity contribution in [2.45, 2.75) is 30.6 Å². The van der Waals surface area contributed by atoms with Crippen LogP contribution in [0.2, 0.25) is 5.02 Å². The summed E-state index contributed by atoms with van der Waals surface area (Å²) >= 11 is 5.98. The highest BCUT2D eigenvalue weighted by atomic mass is 35.5. The standard InChI is InChI=1S/C22H22ClNO9/c1-29-16-10-13(23)4-7-15(16)31-14-5-2-12(3-6-14)11-22-21(24-8-9-30-22)32-19(27)17(25)18(26)20(28)33-22/h2-7,10,17-18,21,24-26H,8-9,11H2,1H3/t17?,18?,21?,22-/m0/s1. The first-order chi connectivity index (χ1) is 15.8. The average Bonchev–Trinajstić information content (AvgIpc) is 2.81. The molecule has 4 rings (SSSR count). The summed E-state index contributed by atoms with van der Waals surface area (Å²) in [6, 6.07) is 11.8. The smallest absolute Gasteiger partial charge is 0.341 e. The minimum atomic E-state index is -2.09. The molecule has 2 aromatic carbocycles. The average molecular weight is 480 g/mol. The number of aliphatic hydroxyl groups is 2. The summed E-state index contributed by atoms with van der Waals surface area (Å²) in [7, 11) is 1.51. The summed E-state index contributed by atoms with van der Waals surface area (Å²) in [6.45, 7) is 0.489. The molecule has 2 aromatic rings. The van der Waals surface area contributed by atoms with Gasteiger partial charge < -0.3 is 33.9 Å². The summed E-state index contributed by atoms with van der Waals surface area (Å²) in [5.74, 6) is -2.63. The van der Waals surface area contributed by atoms with E-state index in [4.69, 9.17) is 35.3 Å². The number of benzene rings is 2. The Morgan fingerprint density at radius 2 is 1.82 bits per heavy atom. The summed E-state index contributed by atoms with van der Waals surface area (Å²) in [6.07, 6.45) is -5.33. The maximum atomic E-state index is 12.3. The summed E-state index contributed by atoms with van der Waals surface area (Å²) in [5.41, 5.74) is 0.665. The number of nitrogens with one attached hydrogen (secondary N) is 1. The molecule has 33 heavy (non-hydrogen) atoms. The third kappa shape index (κ3) is 4.90. The van der Waals surface area contributed by atoms with Crippen molar-refractivity contribution in [1.82, 2.24) is 5.32 Å². The molecular formula is C22H22ClNO9. The molecular weight excluding hydrogens is 458 g/mol. The number of ether oxygens (including phenoxy) is 5. The fourth-order valence-corrected chi connectivity index (χ4v) is 3.69. The number of aliphatic hydroxyl groups excluding tert-OH is 2. The molecule has 10 nitrogen and oxygen atoms in total. The molecule has 3 unspecified atom stereocenters. The maximum Gasteiger partial charge on any atom is 0.341 e. The Morgan fingerprint density at radius 3 is 2.55 bits per heavy atom. The van der Waals surface area contributed by atoms with Gasteiger partial charge in [0.1, 0.15) is 5.75 Å². The molecule has 2 saturated heterocycles. The Labute approximate surface area is 193 Å². The second-order valence-electron chi connectivity index (χ2n) is 7.46. The van der Waals surface area contributed by atoms with Gasteiger partial charge in [0.15, 0.2) is 23.7 Å². The molecule has 4 atom stereocenters. The second-order valence-corrected chi connectivity index (χ2v) is 7.90. The minimum absolute atomic E-state index is 0.00293. The lowest BCUT2D eigenvalue weighted by atomic mass is 10.0. The molecule has 0 aromatic heterocycles. The van der Waals surface area contributed by atoms with Crippen molar-refractivity contribution in [2.75, 3.05) is 20.3 Å². The Bertz CT molecular complexity index is 1030. The summed E-state index contributed by atoms with van der Waals surface area (Å²) in [4.78, 5) is 24.4. The van der Waals surface area contributed by atoms with Crippen molar-refractivity contribution in [1.29, 1.82) is 0 Å². The first-order valence-electron chi connectivity index (χ1n) is 10.1. The van der Waals surface area contributed by atoms with E-state index in [1.807, 2.05) is 0 Å². The molecule has 0 bridgehead atoms. The van der Waals surface area contributed by atoms with Crippen LogP contribution in [0.4, 0.5) is 0 Å². The van der Waals surface area contributed by atoms with Crippen LogP contribution in [0.15, 0.2) is 42.5 Å². The van der Waals surface area contributed by atoms with Gasteiger partial charge in [-0.05, 0) is 29.8 Å². The van der Waals surface area contributed by atoms with Gasteiger partial charge in [0.25, 0.3) is 5.79 Å². The molecule has 0 aliphatic carbocycles. The van der Waals surface area contributed by atoms with Crippen molar-refractivity contribution in [2.24, 2.45) is 0 Å². The fourth-order valence-electron chi connectivity index (χ4n) is 3.53. The lowest BCUT2D eigenvalue weighted by Gasteiger charge is -2.44. The van der Waals surface area contributed by atoms with Gasteiger partial charge >= 0.3 is 11.9 Å². The molecule has 2 aliphatic heterocycles. The molecule has 3 N–H and O–H groups in total. The number of esters is 2. The van der Waals surface area contributed by atoms with E-state index in [0.717, 1.165) is 0 Å². The third-order valence-electron chi connectivity index (χ3n) is 5.19. The SMILES string of the molecule is COc1cc(Cl)ccc1Oc1ccc(C[C@@]23OCCNC2OC(=O)C(O)C(O)C(=O)O3)cc1. The van der Waals surface area contributed by atoms with E-state index in [-0.39, 0.29) is 13.0 Å². The minimum Gasteiger partial charge on any atom is -0.493 e. The number of rotatable bonds is 5. The highest BCUT2D eigenvalue weighted by Gasteiger charge is 2.53. The van der Waals surface area contributed by atoms with Crippen LogP contribution < -0.4 is 14.8 Å². The van der Waals surface area contributed by atoms with Crippen molar-refractivity contribution in [3.05, 3.63) is 53.1 Å². The Balaban J connectivity index is 1.55. The zero-order valence-corrected chi connectivity index (χ0v) is 18.3. The molecule has 11 heteroatoms. The number of hydrogen-bond acceptors (Lipinski definition) is 10. The number of carbonyl (C=O) groups excluding carboxylic acids is 2. The number of fused-ring (bicyclic) bond motifs is 1. The molecule has 0 radical (unpaired) electrons. The second kappa shape index (κ2) is 9.54. The number of halogens is 1. The van der Waals surface area contributed by atoms with Gasteiger partial charge in [0.05, 0.1) is 13.7 Å². The number of methoxy groups -OCH3 is 1. The van der Waals surface area contributed by atoms with Crippen molar-refractivity contribution in [3.8, 4) is 17.2 Å². The van der Waals surface area contributed by atoms with Crippen LogP contribution in [-0.4, -0.2) is 66.6 Å². The van der Waals surface area contributed by atoms with Crippen molar-refractivity contribution >= 4 is 23.5 Å². The van der Waals surface area contributed by atoms with E-state index < -0.39 is 36.2 Å². The van der Waals surface area contributed by atoms with Crippen molar-refractivity contribution in [3.63, 3.8) is 0 Å². The van der Waals surface area contributed by atoms with Gasteiger partial charge in [-0.3, -0.25) is 5.32 Å². The Hall–Kier alpha value is -2.89. The van der Waals surface area contributed by atoms with Crippen LogP contribution in [0.3, 0.4) is 0 Å². The van der Waals surface area contributed by atoms with Gasteiger partial charge in [0, 0.05) is 24.1 Å². The molecule has 2 aliphatic rings. The first-order valence-corrected chi connectivity index (χ1v) is 10.5. The van der Waals surface area contributed by atoms with Gasteiger partial charge in [-0.2, -0.15) is 0 Å². The summed E-state index contributed by atoms with van der Waals surface area (Å²) < 4.78 is 27.5. The Kier molecular flexibility index (Phi) is 6.73. The van der Waals surface area contributed by atoms with Crippen molar-refractivity contribution < 1.29 is 43.5 Å². The first kappa shape index (κ1) is 23.3. The van der Waals surface area contributed by atoms with E-state index in [0.29, 0.717) is 34.4 Å². The van der Waals surface area contributed by atoms with E-state index in [1.54, 1.807) is 42.5 Å². The predicted molar refractivity (Wildman–Crippen MR) is 113 cm³/mol. The number of morpholine rings is 1. The highest BCUT2D eigenvalue weighted by molar-refractivity contribution is 6.30. The number of carbonyl (C=O) groups is 2. The highest BCUT2D eigenvalue weighted by Crippen LogP contribution is 2.35. The number of hydrogen-bond donors (Lipinski definition) is 3. The quantitative estimate of drug-likeness (QED) is 0.536. The lowest BCUT2D eigenvalue weighted by molar-refractivity contribution is -0.306. The van der Waals surface area contributed by atoms with Crippen LogP contribution in [-0.2, 0) is 30.2 Å². The van der Waals surface area contributed by atoms with E-state index in [2.05, 4.69) is 5.32 Å². The van der Waals surface area contributed by atoms with E-state index in [9.17, 15) is 19.8 Å². The fraction of sp³-hybridized carbons (Fsp3) is 0.364. The van der Waals surface area contributed by atoms with E-state index in [1.165, 1.54) is 7.11 Å². The van der Waals surface area contributed by atoms with Crippen LogP contribution in [0, 0.1) is 0 Å². The van der Waals surface area contributed by atoms with Gasteiger partial charge in [-0.25, -0.2) is 9.59 Å². The van der Waals surface area contributed by atoms with Crippen LogP contribution >= 0.6 is 11.6 Å². The molecule has 176 valence electrons. The van der Waals surface area contributed by atoms with Gasteiger partial charge in [0.2, 0.25) is 6.23 Å². The predicted octanol–water partition coefficient (Wildman–Crippen LogP) is 1.15.